The molecule has 0 aliphatic heterocycles. The van der Waals surface area contributed by atoms with Crippen molar-refractivity contribution in [2.45, 2.75) is 0 Å². The maximum absolute atomic E-state index is 2.76. The van der Waals surface area contributed by atoms with Gasteiger partial charge < -0.3 is 0 Å². The molecule has 0 saturated carbocycles. The highest BCUT2D eigenvalue weighted by atomic mass is 79.9. The molecule has 1 unspecified atom stereocenters. The SMILES string of the molecule is Br.Pc1ccccc1-c1ccccc1.c1ccc(-c2ccccc2)cc1.c1ccc(-c2ccccc2)cc1.c1ccc(-c2ccccc2)cc1. The van der Waals surface area contributed by atoms with Crippen molar-refractivity contribution in [2.75, 3.05) is 0 Å². The van der Waals surface area contributed by atoms with Crippen molar-refractivity contribution in [1.29, 1.82) is 0 Å². The summed E-state index contributed by atoms with van der Waals surface area (Å²) >= 11 is 0. The van der Waals surface area contributed by atoms with Gasteiger partial charge in [0.15, 0.2) is 0 Å². The molecule has 0 bridgehead atoms. The Hall–Kier alpha value is -5.33. The van der Waals surface area contributed by atoms with E-state index in [9.17, 15) is 0 Å². The molecule has 50 heavy (non-hydrogen) atoms. The second-order valence-corrected chi connectivity index (χ2v) is 11.8. The molecular formula is C48H42BrP. The average Bonchev–Trinajstić information content (AvgIpc) is 3.21. The van der Waals surface area contributed by atoms with Crippen LogP contribution in [0.3, 0.4) is 0 Å². The number of hydrogen-bond acceptors (Lipinski definition) is 0. The molecule has 0 aliphatic rings. The van der Waals surface area contributed by atoms with E-state index >= 15 is 0 Å². The molecule has 0 aliphatic carbocycles. The van der Waals surface area contributed by atoms with Crippen molar-refractivity contribution in [3.63, 3.8) is 0 Å². The standard InChI is InChI=1S/C12H11P.3C12H10.BrH/c13-12-9-5-4-8-11(12)10-6-2-1-3-7-10;3*1-3-7-11(8-4-1)12-9-5-2-6-10-12;/h1-9H,13H2;3*1-10H;1H. The van der Waals surface area contributed by atoms with Crippen LogP contribution in [0.15, 0.2) is 237 Å². The summed E-state index contributed by atoms with van der Waals surface area (Å²) in [6, 6.07) is 81.1. The van der Waals surface area contributed by atoms with Crippen LogP contribution in [0.25, 0.3) is 44.5 Å². The van der Waals surface area contributed by atoms with E-state index in [0.717, 1.165) is 0 Å². The zero-order chi connectivity index (χ0) is 33.8. The van der Waals surface area contributed by atoms with Crippen LogP contribution in [0.5, 0.6) is 0 Å². The minimum absolute atomic E-state index is 0. The number of hydrogen-bond donors (Lipinski definition) is 0. The molecule has 1 atom stereocenters. The van der Waals surface area contributed by atoms with E-state index < -0.39 is 0 Å². The minimum atomic E-state index is 0. The molecule has 8 aromatic carbocycles. The normalized spacial score (nSPS) is 9.54. The van der Waals surface area contributed by atoms with Crippen LogP contribution in [0.1, 0.15) is 0 Å². The van der Waals surface area contributed by atoms with E-state index in [2.05, 4.69) is 203 Å². The molecule has 246 valence electrons. The monoisotopic (exact) mass is 728 g/mol. The lowest BCUT2D eigenvalue weighted by Gasteiger charge is -2.03. The zero-order valence-electron chi connectivity index (χ0n) is 28.0. The lowest BCUT2D eigenvalue weighted by atomic mass is 10.1. The van der Waals surface area contributed by atoms with Gasteiger partial charge in [-0.05, 0) is 49.8 Å². The predicted molar refractivity (Wildman–Crippen MR) is 227 cm³/mol. The molecule has 0 radical (unpaired) electrons. The Bertz CT molecular complexity index is 1730. The molecular weight excluding hydrogens is 687 g/mol. The summed E-state index contributed by atoms with van der Waals surface area (Å²) in [5.41, 5.74) is 10.2. The summed E-state index contributed by atoms with van der Waals surface area (Å²) in [6.07, 6.45) is 0. The summed E-state index contributed by atoms with van der Waals surface area (Å²) in [7, 11) is 2.76. The van der Waals surface area contributed by atoms with Crippen LogP contribution in [0, 0.1) is 0 Å². The van der Waals surface area contributed by atoms with Crippen molar-refractivity contribution in [1.82, 2.24) is 0 Å². The van der Waals surface area contributed by atoms with Gasteiger partial charge in [-0.15, -0.1) is 26.2 Å². The molecule has 0 N–H and O–H groups in total. The van der Waals surface area contributed by atoms with Crippen LogP contribution in [0.4, 0.5) is 0 Å². The third kappa shape index (κ3) is 12.3. The van der Waals surface area contributed by atoms with E-state index in [0.29, 0.717) is 0 Å². The van der Waals surface area contributed by atoms with Crippen molar-refractivity contribution < 1.29 is 0 Å². The van der Waals surface area contributed by atoms with Crippen molar-refractivity contribution in [2.24, 2.45) is 0 Å². The minimum Gasteiger partial charge on any atom is -0.114 e. The van der Waals surface area contributed by atoms with Gasteiger partial charge in [0.25, 0.3) is 0 Å². The Morgan fingerprint density at radius 2 is 0.380 bits per heavy atom. The first-order chi connectivity index (χ1) is 24.3. The summed E-state index contributed by atoms with van der Waals surface area (Å²) in [5, 5.41) is 1.24. The first-order valence-electron chi connectivity index (χ1n) is 16.5. The van der Waals surface area contributed by atoms with Gasteiger partial charge in [-0.2, -0.15) is 0 Å². The summed E-state index contributed by atoms with van der Waals surface area (Å²) in [4.78, 5) is 0. The molecule has 8 rings (SSSR count). The number of halogens is 1. The van der Waals surface area contributed by atoms with Gasteiger partial charge in [-0.25, -0.2) is 0 Å². The number of rotatable bonds is 4. The fraction of sp³-hybridized carbons (Fsp3) is 0. The van der Waals surface area contributed by atoms with Gasteiger partial charge in [0.2, 0.25) is 0 Å². The Kier molecular flexibility index (Phi) is 16.2. The summed E-state index contributed by atoms with van der Waals surface area (Å²) in [5.74, 6) is 0. The topological polar surface area (TPSA) is 0 Å². The van der Waals surface area contributed by atoms with Crippen LogP contribution >= 0.6 is 26.2 Å². The second-order valence-electron chi connectivity index (χ2n) is 11.1. The molecule has 0 spiro atoms. The van der Waals surface area contributed by atoms with Gasteiger partial charge in [-0.1, -0.05) is 237 Å². The molecule has 0 nitrogen and oxygen atoms in total. The molecule has 0 amide bonds. The fourth-order valence-electron chi connectivity index (χ4n) is 5.16. The quantitative estimate of drug-likeness (QED) is 0.158. The average molecular weight is 730 g/mol. The van der Waals surface area contributed by atoms with E-state index in [1.165, 1.54) is 49.8 Å². The van der Waals surface area contributed by atoms with Gasteiger partial charge in [0.05, 0.1) is 0 Å². The van der Waals surface area contributed by atoms with Crippen LogP contribution in [0.2, 0.25) is 0 Å². The van der Waals surface area contributed by atoms with Crippen LogP contribution in [-0.4, -0.2) is 0 Å². The molecule has 0 aromatic heterocycles. The molecule has 0 heterocycles. The highest BCUT2D eigenvalue weighted by molar-refractivity contribution is 8.93. The second kappa shape index (κ2) is 21.6. The fourth-order valence-corrected chi connectivity index (χ4v) is 5.54. The zero-order valence-corrected chi connectivity index (χ0v) is 30.9. The predicted octanol–water partition coefficient (Wildman–Crippen LogP) is 13.5. The molecule has 2 heteroatoms. The van der Waals surface area contributed by atoms with Crippen LogP contribution < -0.4 is 5.30 Å². The molecule has 0 saturated heterocycles. The highest BCUT2D eigenvalue weighted by Crippen LogP contribution is 2.20. The maximum Gasteiger partial charge on any atom is -0.0112 e. The third-order valence-electron chi connectivity index (χ3n) is 7.69. The molecule has 8 aromatic rings. The Morgan fingerprint density at radius 1 is 0.200 bits per heavy atom. The van der Waals surface area contributed by atoms with E-state index in [4.69, 9.17) is 0 Å². The van der Waals surface area contributed by atoms with Crippen LogP contribution in [-0.2, 0) is 0 Å². The lowest BCUT2D eigenvalue weighted by Crippen LogP contribution is -1.94. The van der Waals surface area contributed by atoms with Crippen molar-refractivity contribution in [3.05, 3.63) is 237 Å². The Morgan fingerprint density at radius 3 is 0.600 bits per heavy atom. The van der Waals surface area contributed by atoms with E-state index in [1.54, 1.807) is 0 Å². The van der Waals surface area contributed by atoms with E-state index in [1.807, 2.05) is 42.5 Å². The summed E-state index contributed by atoms with van der Waals surface area (Å²) in [6.45, 7) is 0. The first kappa shape index (κ1) is 37.5. The van der Waals surface area contributed by atoms with Gasteiger partial charge in [0, 0.05) is 0 Å². The Labute approximate surface area is 311 Å². The van der Waals surface area contributed by atoms with Gasteiger partial charge in [-0.3, -0.25) is 0 Å². The van der Waals surface area contributed by atoms with Crippen molar-refractivity contribution >= 4 is 31.5 Å². The largest absolute Gasteiger partial charge is 0.114 e. The third-order valence-corrected chi connectivity index (χ3v) is 8.19. The smallest absolute Gasteiger partial charge is 0.0112 e. The number of benzene rings is 8. The Balaban J connectivity index is 0.000000149. The highest BCUT2D eigenvalue weighted by Gasteiger charge is 1.98. The summed E-state index contributed by atoms with van der Waals surface area (Å²) < 4.78 is 0. The molecule has 0 fully saturated rings. The van der Waals surface area contributed by atoms with Gasteiger partial charge in [0.1, 0.15) is 0 Å². The maximum atomic E-state index is 2.76. The van der Waals surface area contributed by atoms with Gasteiger partial charge >= 0.3 is 0 Å². The van der Waals surface area contributed by atoms with E-state index in [-0.39, 0.29) is 17.0 Å². The lowest BCUT2D eigenvalue weighted by molar-refractivity contribution is 1.62. The first-order valence-corrected chi connectivity index (χ1v) is 17.1. The van der Waals surface area contributed by atoms with Crippen molar-refractivity contribution in [3.8, 4) is 44.5 Å².